The van der Waals surface area contributed by atoms with E-state index < -0.39 is 0 Å². The van der Waals surface area contributed by atoms with Gasteiger partial charge in [0.2, 0.25) is 0 Å². The van der Waals surface area contributed by atoms with E-state index in [2.05, 4.69) is 26.8 Å². The normalized spacial score (nSPS) is 17.4. The van der Waals surface area contributed by atoms with E-state index in [9.17, 15) is 5.11 Å². The standard InChI is InChI=1S/C19H28O2/c1-5-6-7-8-11-19(3,4)15-12-17(20)16-10-9-14(2)21-18(16)13-15/h9-10,12-14,20H,5-8,11H2,1-4H3. The molecular formula is C19H28O2. The summed E-state index contributed by atoms with van der Waals surface area (Å²) in [7, 11) is 0. The third-order valence-corrected chi connectivity index (χ3v) is 4.40. The molecular weight excluding hydrogens is 260 g/mol. The first kappa shape index (κ1) is 15.9. The molecule has 0 fully saturated rings. The van der Waals surface area contributed by atoms with E-state index in [0.29, 0.717) is 5.75 Å². The molecule has 1 aliphatic heterocycles. The van der Waals surface area contributed by atoms with Crippen molar-refractivity contribution in [1.29, 1.82) is 0 Å². The van der Waals surface area contributed by atoms with Crippen molar-refractivity contribution in [2.75, 3.05) is 0 Å². The summed E-state index contributed by atoms with van der Waals surface area (Å²) >= 11 is 0. The van der Waals surface area contributed by atoms with Crippen molar-refractivity contribution in [3.63, 3.8) is 0 Å². The van der Waals surface area contributed by atoms with Gasteiger partial charge in [-0.3, -0.25) is 0 Å². The average molecular weight is 288 g/mol. The fourth-order valence-corrected chi connectivity index (χ4v) is 2.88. The third-order valence-electron chi connectivity index (χ3n) is 4.40. The van der Waals surface area contributed by atoms with Gasteiger partial charge in [0.05, 0.1) is 5.56 Å². The molecule has 0 saturated heterocycles. The lowest BCUT2D eigenvalue weighted by atomic mass is 9.79. The van der Waals surface area contributed by atoms with Crippen LogP contribution in [0.5, 0.6) is 11.5 Å². The number of ether oxygens (including phenoxy) is 1. The number of aromatic hydroxyl groups is 1. The largest absolute Gasteiger partial charge is 0.507 e. The van der Waals surface area contributed by atoms with E-state index in [0.717, 1.165) is 23.3 Å². The summed E-state index contributed by atoms with van der Waals surface area (Å²) in [6, 6.07) is 4.01. The number of rotatable bonds is 6. The maximum Gasteiger partial charge on any atom is 0.131 e. The van der Waals surface area contributed by atoms with Crippen LogP contribution < -0.4 is 4.74 Å². The summed E-state index contributed by atoms with van der Waals surface area (Å²) in [5.41, 5.74) is 2.03. The number of phenolic OH excluding ortho intramolecular Hbond substituents is 1. The zero-order valence-corrected chi connectivity index (χ0v) is 13.8. The fraction of sp³-hybridized carbons (Fsp3) is 0.579. The Labute approximate surface area is 128 Å². The smallest absolute Gasteiger partial charge is 0.131 e. The van der Waals surface area contributed by atoms with Crippen molar-refractivity contribution in [3.05, 3.63) is 29.3 Å². The van der Waals surface area contributed by atoms with E-state index in [1.165, 1.54) is 25.7 Å². The van der Waals surface area contributed by atoms with Gasteiger partial charge >= 0.3 is 0 Å². The predicted molar refractivity (Wildman–Crippen MR) is 89.0 cm³/mol. The Morgan fingerprint density at radius 2 is 1.95 bits per heavy atom. The lowest BCUT2D eigenvalue weighted by Crippen LogP contribution is -2.19. The zero-order valence-electron chi connectivity index (χ0n) is 13.8. The van der Waals surface area contributed by atoms with E-state index >= 15 is 0 Å². The highest BCUT2D eigenvalue weighted by Gasteiger charge is 2.24. The van der Waals surface area contributed by atoms with Crippen LogP contribution in [-0.2, 0) is 5.41 Å². The van der Waals surface area contributed by atoms with Crippen LogP contribution in [0.2, 0.25) is 0 Å². The highest BCUT2D eigenvalue weighted by atomic mass is 16.5. The van der Waals surface area contributed by atoms with Gasteiger partial charge in [0.1, 0.15) is 17.6 Å². The van der Waals surface area contributed by atoms with E-state index in [1.54, 1.807) is 0 Å². The molecule has 0 saturated carbocycles. The number of hydrogen-bond acceptors (Lipinski definition) is 2. The molecule has 1 atom stereocenters. The van der Waals surface area contributed by atoms with Gasteiger partial charge in [0, 0.05) is 0 Å². The highest BCUT2D eigenvalue weighted by Crippen LogP contribution is 2.40. The first-order valence-corrected chi connectivity index (χ1v) is 8.16. The summed E-state index contributed by atoms with van der Waals surface area (Å²) in [6.07, 6.45) is 10.2. The van der Waals surface area contributed by atoms with Crippen LogP contribution in [0, 0.1) is 0 Å². The van der Waals surface area contributed by atoms with Crippen molar-refractivity contribution >= 4 is 6.08 Å². The summed E-state index contributed by atoms with van der Waals surface area (Å²) in [4.78, 5) is 0. The molecule has 1 heterocycles. The van der Waals surface area contributed by atoms with Gasteiger partial charge in [0.25, 0.3) is 0 Å². The second-order valence-electron chi connectivity index (χ2n) is 6.78. The first-order chi connectivity index (χ1) is 9.94. The molecule has 1 N–H and O–H groups in total. The Hall–Kier alpha value is -1.44. The Kier molecular flexibility index (Phi) is 4.97. The van der Waals surface area contributed by atoms with Crippen molar-refractivity contribution in [3.8, 4) is 11.5 Å². The van der Waals surface area contributed by atoms with Crippen molar-refractivity contribution in [2.24, 2.45) is 0 Å². The molecule has 2 heteroatoms. The van der Waals surface area contributed by atoms with Crippen LogP contribution >= 0.6 is 0 Å². The molecule has 1 aliphatic rings. The van der Waals surface area contributed by atoms with E-state index in [-0.39, 0.29) is 11.5 Å². The number of fused-ring (bicyclic) bond motifs is 1. The van der Waals surface area contributed by atoms with Crippen molar-refractivity contribution in [2.45, 2.75) is 71.3 Å². The van der Waals surface area contributed by atoms with Crippen LogP contribution in [0.4, 0.5) is 0 Å². The third kappa shape index (κ3) is 3.81. The molecule has 1 unspecified atom stereocenters. The predicted octanol–water partition coefficient (Wildman–Crippen LogP) is 5.43. The second-order valence-corrected chi connectivity index (χ2v) is 6.78. The lowest BCUT2D eigenvalue weighted by Gasteiger charge is -2.28. The number of benzene rings is 1. The first-order valence-electron chi connectivity index (χ1n) is 8.16. The van der Waals surface area contributed by atoms with Crippen molar-refractivity contribution in [1.82, 2.24) is 0 Å². The van der Waals surface area contributed by atoms with Crippen LogP contribution in [0.1, 0.15) is 70.9 Å². The summed E-state index contributed by atoms with van der Waals surface area (Å²) in [6.45, 7) is 8.75. The number of hydrogen-bond donors (Lipinski definition) is 1. The van der Waals surface area contributed by atoms with Gasteiger partial charge in [-0.15, -0.1) is 0 Å². The number of phenols is 1. The molecule has 1 aromatic rings. The molecule has 0 bridgehead atoms. The Balaban J connectivity index is 2.18. The van der Waals surface area contributed by atoms with Crippen LogP contribution in [0.25, 0.3) is 6.08 Å². The average Bonchev–Trinajstić information content (AvgIpc) is 2.43. The van der Waals surface area contributed by atoms with Gasteiger partial charge in [-0.25, -0.2) is 0 Å². The number of unbranched alkanes of at least 4 members (excludes halogenated alkanes) is 3. The van der Waals surface area contributed by atoms with Crippen LogP contribution in [-0.4, -0.2) is 11.2 Å². The molecule has 2 rings (SSSR count). The Bertz CT molecular complexity index is 515. The highest BCUT2D eigenvalue weighted by molar-refractivity contribution is 5.67. The van der Waals surface area contributed by atoms with Gasteiger partial charge in [-0.1, -0.05) is 46.5 Å². The molecule has 0 aromatic heterocycles. The Morgan fingerprint density at radius 3 is 2.67 bits per heavy atom. The zero-order chi connectivity index (χ0) is 15.5. The van der Waals surface area contributed by atoms with E-state index in [4.69, 9.17) is 4.74 Å². The van der Waals surface area contributed by atoms with Gasteiger partial charge < -0.3 is 9.84 Å². The Morgan fingerprint density at radius 1 is 1.19 bits per heavy atom. The molecule has 0 amide bonds. The summed E-state index contributed by atoms with van der Waals surface area (Å²) in [5.74, 6) is 1.13. The maximum atomic E-state index is 10.3. The quantitative estimate of drug-likeness (QED) is 0.707. The topological polar surface area (TPSA) is 29.5 Å². The lowest BCUT2D eigenvalue weighted by molar-refractivity contribution is 0.263. The minimum absolute atomic E-state index is 0.0635. The molecule has 0 radical (unpaired) electrons. The minimum Gasteiger partial charge on any atom is -0.507 e. The van der Waals surface area contributed by atoms with E-state index in [1.807, 2.05) is 25.1 Å². The van der Waals surface area contributed by atoms with Crippen LogP contribution in [0.3, 0.4) is 0 Å². The molecule has 0 spiro atoms. The molecule has 21 heavy (non-hydrogen) atoms. The van der Waals surface area contributed by atoms with Gasteiger partial charge in [-0.2, -0.15) is 0 Å². The van der Waals surface area contributed by atoms with Crippen molar-refractivity contribution < 1.29 is 9.84 Å². The molecule has 2 nitrogen and oxygen atoms in total. The van der Waals surface area contributed by atoms with Gasteiger partial charge in [0.15, 0.2) is 0 Å². The van der Waals surface area contributed by atoms with Gasteiger partial charge in [-0.05, 0) is 48.6 Å². The SMILES string of the molecule is CCCCCCC(C)(C)c1cc(O)c2c(c1)OC(C)C=C2. The summed E-state index contributed by atoms with van der Waals surface area (Å²) in [5, 5.41) is 10.3. The molecule has 116 valence electrons. The monoisotopic (exact) mass is 288 g/mol. The maximum absolute atomic E-state index is 10.3. The minimum atomic E-state index is 0.0635. The second kappa shape index (κ2) is 6.55. The van der Waals surface area contributed by atoms with Crippen LogP contribution in [0.15, 0.2) is 18.2 Å². The molecule has 1 aromatic carbocycles. The summed E-state index contributed by atoms with van der Waals surface area (Å²) < 4.78 is 5.84. The fourth-order valence-electron chi connectivity index (χ4n) is 2.88. The molecule has 0 aliphatic carbocycles.